The number of carbonyl (C=O) groups excluding carboxylic acids is 1. The quantitative estimate of drug-likeness (QED) is 0.589. The van der Waals surface area contributed by atoms with E-state index < -0.39 is 11.2 Å². The number of nitrogens with zero attached hydrogens (tertiary/aromatic N) is 6. The van der Waals surface area contributed by atoms with Crippen molar-refractivity contribution in [3.63, 3.8) is 0 Å². The normalized spacial score (nSPS) is 14.4. The molecule has 1 amide bonds. The Morgan fingerprint density at radius 1 is 1.10 bits per heavy atom. The molecule has 1 aliphatic heterocycles. The number of fused-ring (bicyclic) bond motifs is 1. The molecule has 1 aliphatic rings. The van der Waals surface area contributed by atoms with Crippen molar-refractivity contribution >= 4 is 22.8 Å². The van der Waals surface area contributed by atoms with Gasteiger partial charge in [0.25, 0.3) is 5.56 Å². The predicted molar refractivity (Wildman–Crippen MR) is 112 cm³/mol. The number of piperazine rings is 1. The molecule has 1 aromatic carbocycles. The molecule has 4 rings (SSSR count). The van der Waals surface area contributed by atoms with Gasteiger partial charge >= 0.3 is 5.69 Å². The average molecular weight is 412 g/mol. The molecular weight excluding hydrogens is 388 g/mol. The number of amides is 1. The molecular formula is C20H24N6O4. The van der Waals surface area contributed by atoms with Crippen LogP contribution in [0, 0.1) is 0 Å². The van der Waals surface area contributed by atoms with Gasteiger partial charge in [0.1, 0.15) is 12.3 Å². The van der Waals surface area contributed by atoms with Gasteiger partial charge in [0, 0.05) is 52.0 Å². The molecule has 0 saturated carbocycles. The number of methoxy groups -OCH3 is 1. The van der Waals surface area contributed by atoms with Gasteiger partial charge in [-0.05, 0) is 12.1 Å². The molecule has 0 atom stereocenters. The first-order valence-electron chi connectivity index (χ1n) is 9.68. The second-order valence-electron chi connectivity index (χ2n) is 7.32. The highest BCUT2D eigenvalue weighted by molar-refractivity contribution is 5.79. The van der Waals surface area contributed by atoms with Gasteiger partial charge in [-0.15, -0.1) is 0 Å². The van der Waals surface area contributed by atoms with Gasteiger partial charge in [-0.3, -0.25) is 18.7 Å². The Labute approximate surface area is 172 Å². The Hall–Kier alpha value is -3.56. The minimum atomic E-state index is -0.457. The van der Waals surface area contributed by atoms with Crippen LogP contribution < -0.4 is 20.9 Å². The Kier molecular flexibility index (Phi) is 5.06. The fraction of sp³-hybridized carbons (Fsp3) is 0.400. The maximum atomic E-state index is 12.9. The predicted octanol–water partition coefficient (Wildman–Crippen LogP) is -0.209. The van der Waals surface area contributed by atoms with E-state index in [2.05, 4.69) is 9.88 Å². The van der Waals surface area contributed by atoms with E-state index in [9.17, 15) is 14.4 Å². The van der Waals surface area contributed by atoms with Crippen molar-refractivity contribution in [2.24, 2.45) is 14.1 Å². The summed E-state index contributed by atoms with van der Waals surface area (Å²) in [5.41, 5.74) is 0.687. The van der Waals surface area contributed by atoms with Crippen LogP contribution in [-0.4, -0.2) is 62.8 Å². The van der Waals surface area contributed by atoms with Crippen molar-refractivity contribution in [3.05, 3.63) is 51.4 Å². The first-order valence-corrected chi connectivity index (χ1v) is 9.68. The summed E-state index contributed by atoms with van der Waals surface area (Å²) in [6.07, 6.45) is 1.44. The van der Waals surface area contributed by atoms with E-state index in [4.69, 9.17) is 4.74 Å². The van der Waals surface area contributed by atoms with Gasteiger partial charge in [0.2, 0.25) is 5.91 Å². The van der Waals surface area contributed by atoms with Crippen LogP contribution in [0.1, 0.15) is 0 Å². The number of aryl methyl sites for hydroxylation is 1. The minimum Gasteiger partial charge on any atom is -0.497 e. The Balaban J connectivity index is 1.48. The van der Waals surface area contributed by atoms with Crippen LogP contribution in [0.3, 0.4) is 0 Å². The summed E-state index contributed by atoms with van der Waals surface area (Å²) in [5, 5.41) is 0. The number of benzene rings is 1. The summed E-state index contributed by atoms with van der Waals surface area (Å²) in [6.45, 7) is 2.58. The monoisotopic (exact) mass is 412 g/mol. The molecule has 3 aromatic rings. The lowest BCUT2D eigenvalue weighted by Crippen LogP contribution is -2.49. The number of ether oxygens (including phenoxy) is 1. The van der Waals surface area contributed by atoms with Gasteiger partial charge in [-0.25, -0.2) is 9.78 Å². The molecule has 1 saturated heterocycles. The lowest BCUT2D eigenvalue weighted by molar-refractivity contribution is -0.132. The summed E-state index contributed by atoms with van der Waals surface area (Å²) in [5.74, 6) is 0.712. The highest BCUT2D eigenvalue weighted by Gasteiger charge is 2.23. The average Bonchev–Trinajstić information content (AvgIpc) is 3.20. The number of imidazole rings is 1. The van der Waals surface area contributed by atoms with Gasteiger partial charge < -0.3 is 19.1 Å². The molecule has 0 N–H and O–H groups in total. The van der Waals surface area contributed by atoms with Crippen LogP contribution in [-0.2, 0) is 25.4 Å². The third kappa shape index (κ3) is 3.34. The van der Waals surface area contributed by atoms with E-state index in [1.54, 1.807) is 19.1 Å². The van der Waals surface area contributed by atoms with E-state index in [0.29, 0.717) is 26.2 Å². The van der Waals surface area contributed by atoms with Gasteiger partial charge in [-0.2, -0.15) is 0 Å². The summed E-state index contributed by atoms with van der Waals surface area (Å²) in [7, 11) is 4.61. The van der Waals surface area contributed by atoms with Gasteiger partial charge in [0.05, 0.1) is 13.4 Å². The van der Waals surface area contributed by atoms with Crippen molar-refractivity contribution in [3.8, 4) is 5.75 Å². The molecule has 0 bridgehead atoms. The molecule has 0 unspecified atom stereocenters. The molecule has 30 heavy (non-hydrogen) atoms. The third-order valence-corrected chi connectivity index (χ3v) is 5.57. The summed E-state index contributed by atoms with van der Waals surface area (Å²) in [6, 6.07) is 7.86. The maximum absolute atomic E-state index is 12.9. The highest BCUT2D eigenvalue weighted by atomic mass is 16.5. The zero-order valence-electron chi connectivity index (χ0n) is 17.2. The lowest BCUT2D eigenvalue weighted by atomic mass is 10.2. The topological polar surface area (TPSA) is 94.6 Å². The number of rotatable bonds is 4. The van der Waals surface area contributed by atoms with Crippen molar-refractivity contribution in [2.45, 2.75) is 6.54 Å². The Bertz CT molecular complexity index is 1220. The van der Waals surface area contributed by atoms with E-state index in [0.717, 1.165) is 16.0 Å². The van der Waals surface area contributed by atoms with Crippen LogP contribution in [0.4, 0.5) is 5.69 Å². The summed E-state index contributed by atoms with van der Waals surface area (Å²) < 4.78 is 9.14. The fourth-order valence-corrected chi connectivity index (χ4v) is 3.78. The van der Waals surface area contributed by atoms with Crippen LogP contribution in [0.15, 0.2) is 40.2 Å². The number of anilines is 1. The van der Waals surface area contributed by atoms with Crippen molar-refractivity contribution < 1.29 is 9.53 Å². The summed E-state index contributed by atoms with van der Waals surface area (Å²) >= 11 is 0. The minimum absolute atomic E-state index is 0.00308. The van der Waals surface area contributed by atoms with Crippen LogP contribution in [0.5, 0.6) is 5.75 Å². The lowest BCUT2D eigenvalue weighted by Gasteiger charge is -2.36. The van der Waals surface area contributed by atoms with E-state index in [-0.39, 0.29) is 23.6 Å². The second kappa shape index (κ2) is 7.69. The first-order chi connectivity index (χ1) is 14.4. The van der Waals surface area contributed by atoms with Crippen LogP contribution >= 0.6 is 0 Å². The number of hydrogen-bond acceptors (Lipinski definition) is 6. The smallest absolute Gasteiger partial charge is 0.332 e. The van der Waals surface area contributed by atoms with Crippen molar-refractivity contribution in [1.82, 2.24) is 23.6 Å². The Morgan fingerprint density at radius 2 is 1.83 bits per heavy atom. The highest BCUT2D eigenvalue weighted by Crippen LogP contribution is 2.22. The van der Waals surface area contributed by atoms with Crippen LogP contribution in [0.25, 0.3) is 11.2 Å². The fourth-order valence-electron chi connectivity index (χ4n) is 3.78. The van der Waals surface area contributed by atoms with E-state index >= 15 is 0 Å². The number of hydrogen-bond donors (Lipinski definition) is 0. The van der Waals surface area contributed by atoms with Crippen molar-refractivity contribution in [1.29, 1.82) is 0 Å². The first kappa shape index (κ1) is 19.7. The second-order valence-corrected chi connectivity index (χ2v) is 7.32. The Morgan fingerprint density at radius 3 is 2.53 bits per heavy atom. The van der Waals surface area contributed by atoms with Crippen molar-refractivity contribution in [2.75, 3.05) is 38.2 Å². The van der Waals surface area contributed by atoms with E-state index in [1.807, 2.05) is 24.3 Å². The molecule has 0 radical (unpaired) electrons. The van der Waals surface area contributed by atoms with Gasteiger partial charge in [-0.1, -0.05) is 6.07 Å². The standard InChI is InChI=1S/C20H24N6O4/c1-22-18-17(19(28)23(2)20(22)29)26(13-21-18)12-16(27)25-9-7-24(8-10-25)14-5-4-6-15(11-14)30-3/h4-6,11,13H,7-10,12H2,1-3H3. The maximum Gasteiger partial charge on any atom is 0.332 e. The molecule has 158 valence electrons. The molecule has 10 heteroatoms. The molecule has 0 spiro atoms. The molecule has 3 heterocycles. The summed E-state index contributed by atoms with van der Waals surface area (Å²) in [4.78, 5) is 45.6. The third-order valence-electron chi connectivity index (χ3n) is 5.57. The SMILES string of the molecule is COc1cccc(N2CCN(C(=O)Cn3cnc4c3c(=O)n(C)c(=O)n4C)CC2)c1. The largest absolute Gasteiger partial charge is 0.497 e. The molecule has 1 fully saturated rings. The molecule has 0 aliphatic carbocycles. The van der Waals surface area contributed by atoms with E-state index in [1.165, 1.54) is 22.5 Å². The number of aromatic nitrogens is 4. The molecule has 2 aromatic heterocycles. The van der Waals surface area contributed by atoms with Crippen LogP contribution in [0.2, 0.25) is 0 Å². The molecule has 10 nitrogen and oxygen atoms in total. The zero-order valence-corrected chi connectivity index (χ0v) is 17.2. The zero-order chi connectivity index (χ0) is 21.4. The number of carbonyl (C=O) groups is 1. The van der Waals surface area contributed by atoms with Gasteiger partial charge in [0.15, 0.2) is 11.2 Å².